The monoisotopic (exact) mass is 404 g/mol. The van der Waals surface area contributed by atoms with Gasteiger partial charge in [-0.2, -0.15) is 0 Å². The van der Waals surface area contributed by atoms with Crippen molar-refractivity contribution >= 4 is 29.9 Å². The van der Waals surface area contributed by atoms with Crippen LogP contribution in [0.1, 0.15) is 29.5 Å². The Kier molecular flexibility index (Phi) is 7.27. The molecule has 0 aliphatic heterocycles. The van der Waals surface area contributed by atoms with Crippen LogP contribution in [0.2, 0.25) is 0 Å². The van der Waals surface area contributed by atoms with E-state index in [1.54, 1.807) is 12.5 Å². The molecular weight excluding hydrogens is 383 g/mol. The number of nitrogens with zero attached hydrogens (tertiary/aromatic N) is 2. The molecule has 0 radical (unpaired) electrons. The Hall–Kier alpha value is -1.51. The van der Waals surface area contributed by atoms with E-state index in [-0.39, 0.29) is 24.0 Å². The third kappa shape index (κ3) is 5.07. The molecule has 0 unspecified atom stereocenters. The Morgan fingerprint density at radius 3 is 2.71 bits per heavy atom. The SMILES string of the molecule is CCNC(=NCc1ccoc1)NCc1c(C)noc1C.I. The van der Waals surface area contributed by atoms with Gasteiger partial charge in [-0.15, -0.1) is 24.0 Å². The molecule has 0 bridgehead atoms. The lowest BCUT2D eigenvalue weighted by atomic mass is 10.2. The van der Waals surface area contributed by atoms with Crippen LogP contribution >= 0.6 is 24.0 Å². The number of guanidine groups is 1. The fraction of sp³-hybridized carbons (Fsp3) is 0.429. The number of aryl methyl sites for hydroxylation is 2. The van der Waals surface area contributed by atoms with Crippen LogP contribution < -0.4 is 10.6 Å². The van der Waals surface area contributed by atoms with Crippen LogP contribution in [0.4, 0.5) is 0 Å². The summed E-state index contributed by atoms with van der Waals surface area (Å²) in [5, 5.41) is 10.4. The quantitative estimate of drug-likeness (QED) is 0.456. The van der Waals surface area contributed by atoms with Gasteiger partial charge in [0.05, 0.1) is 24.8 Å². The molecule has 0 fully saturated rings. The number of hydrogen-bond donors (Lipinski definition) is 2. The van der Waals surface area contributed by atoms with Crippen molar-refractivity contribution in [2.75, 3.05) is 6.54 Å². The predicted molar refractivity (Wildman–Crippen MR) is 91.8 cm³/mol. The number of halogens is 1. The van der Waals surface area contributed by atoms with Gasteiger partial charge in [-0.1, -0.05) is 5.16 Å². The van der Waals surface area contributed by atoms with Crippen molar-refractivity contribution in [1.29, 1.82) is 0 Å². The van der Waals surface area contributed by atoms with Gasteiger partial charge in [0.2, 0.25) is 0 Å². The van der Waals surface area contributed by atoms with Crippen LogP contribution in [0, 0.1) is 13.8 Å². The lowest BCUT2D eigenvalue weighted by Crippen LogP contribution is -2.37. The second-order valence-corrected chi connectivity index (χ2v) is 4.48. The number of hydrogen-bond acceptors (Lipinski definition) is 4. The molecule has 0 amide bonds. The van der Waals surface area contributed by atoms with Crippen LogP contribution in [-0.4, -0.2) is 17.7 Å². The molecule has 2 N–H and O–H groups in total. The van der Waals surface area contributed by atoms with Crippen LogP contribution in [0.25, 0.3) is 0 Å². The van der Waals surface area contributed by atoms with Gasteiger partial charge < -0.3 is 19.6 Å². The fourth-order valence-corrected chi connectivity index (χ4v) is 1.82. The van der Waals surface area contributed by atoms with Gasteiger partial charge in [0.15, 0.2) is 5.96 Å². The zero-order chi connectivity index (χ0) is 14.4. The fourth-order valence-electron chi connectivity index (χ4n) is 1.82. The van der Waals surface area contributed by atoms with E-state index in [4.69, 9.17) is 8.94 Å². The van der Waals surface area contributed by atoms with E-state index in [0.717, 1.165) is 35.1 Å². The summed E-state index contributed by atoms with van der Waals surface area (Å²) in [6, 6.07) is 1.90. The van der Waals surface area contributed by atoms with Crippen LogP contribution in [0.15, 0.2) is 32.5 Å². The predicted octanol–water partition coefficient (Wildman–Crippen LogP) is 2.76. The Labute approximate surface area is 141 Å². The highest BCUT2D eigenvalue weighted by Crippen LogP contribution is 2.11. The summed E-state index contributed by atoms with van der Waals surface area (Å²) in [5.74, 6) is 1.59. The van der Waals surface area contributed by atoms with E-state index in [1.807, 2.05) is 26.8 Å². The normalized spacial score (nSPS) is 11.1. The standard InChI is InChI=1S/C14H20N4O2.HI/c1-4-15-14(16-7-12-5-6-19-9-12)17-8-13-10(2)18-20-11(13)3;/h5-6,9H,4,7-8H2,1-3H3,(H2,15,16,17);1H. The highest BCUT2D eigenvalue weighted by Gasteiger charge is 2.09. The molecule has 7 heteroatoms. The molecule has 0 aliphatic rings. The maximum Gasteiger partial charge on any atom is 0.191 e. The number of aliphatic imine (C=N–C) groups is 1. The van der Waals surface area contributed by atoms with Gasteiger partial charge in [0.25, 0.3) is 0 Å². The molecule has 2 aromatic heterocycles. The molecule has 0 saturated heterocycles. The van der Waals surface area contributed by atoms with E-state index < -0.39 is 0 Å². The smallest absolute Gasteiger partial charge is 0.191 e. The average molecular weight is 404 g/mol. The molecule has 2 heterocycles. The van der Waals surface area contributed by atoms with Crippen LogP contribution in [0.3, 0.4) is 0 Å². The molecule has 2 rings (SSSR count). The molecule has 0 atom stereocenters. The van der Waals surface area contributed by atoms with Crippen molar-refractivity contribution in [2.24, 2.45) is 4.99 Å². The van der Waals surface area contributed by atoms with E-state index in [2.05, 4.69) is 20.8 Å². The summed E-state index contributed by atoms with van der Waals surface area (Å²) in [6.45, 7) is 7.89. The minimum atomic E-state index is 0. The number of aromatic nitrogens is 1. The van der Waals surface area contributed by atoms with Crippen molar-refractivity contribution < 1.29 is 8.94 Å². The van der Waals surface area contributed by atoms with Gasteiger partial charge in [-0.3, -0.25) is 0 Å². The average Bonchev–Trinajstić information content (AvgIpc) is 3.05. The summed E-state index contributed by atoms with van der Waals surface area (Å²) in [7, 11) is 0. The Bertz CT molecular complexity index is 544. The van der Waals surface area contributed by atoms with E-state index in [1.165, 1.54) is 0 Å². The molecular formula is C14H21IN4O2. The second kappa shape index (κ2) is 8.71. The molecule has 0 aliphatic carbocycles. The highest BCUT2D eigenvalue weighted by atomic mass is 127. The summed E-state index contributed by atoms with van der Waals surface area (Å²) in [5.41, 5.74) is 3.01. The largest absolute Gasteiger partial charge is 0.472 e. The molecule has 0 spiro atoms. The molecule has 2 aromatic rings. The Balaban J connectivity index is 0.00000220. The van der Waals surface area contributed by atoms with Gasteiger partial charge in [0.1, 0.15) is 5.76 Å². The minimum absolute atomic E-state index is 0. The first-order chi connectivity index (χ1) is 9.70. The first-order valence-corrected chi connectivity index (χ1v) is 6.65. The summed E-state index contributed by atoms with van der Waals surface area (Å²) in [4.78, 5) is 4.50. The van der Waals surface area contributed by atoms with Gasteiger partial charge in [-0.25, -0.2) is 4.99 Å². The molecule has 0 aromatic carbocycles. The van der Waals surface area contributed by atoms with Crippen molar-refractivity contribution in [3.05, 3.63) is 41.2 Å². The maximum atomic E-state index is 5.14. The Morgan fingerprint density at radius 2 is 2.14 bits per heavy atom. The highest BCUT2D eigenvalue weighted by molar-refractivity contribution is 14.0. The molecule has 6 nitrogen and oxygen atoms in total. The Morgan fingerprint density at radius 1 is 1.33 bits per heavy atom. The topological polar surface area (TPSA) is 75.6 Å². The van der Waals surface area contributed by atoms with Crippen molar-refractivity contribution in [2.45, 2.75) is 33.9 Å². The van der Waals surface area contributed by atoms with Gasteiger partial charge >= 0.3 is 0 Å². The molecule has 116 valence electrons. The van der Waals surface area contributed by atoms with E-state index in [9.17, 15) is 0 Å². The zero-order valence-corrected chi connectivity index (χ0v) is 14.8. The number of rotatable bonds is 5. The van der Waals surface area contributed by atoms with E-state index in [0.29, 0.717) is 13.1 Å². The lowest BCUT2D eigenvalue weighted by Gasteiger charge is -2.10. The van der Waals surface area contributed by atoms with Crippen LogP contribution in [-0.2, 0) is 13.1 Å². The van der Waals surface area contributed by atoms with Crippen molar-refractivity contribution in [3.63, 3.8) is 0 Å². The summed E-state index contributed by atoms with van der Waals surface area (Å²) >= 11 is 0. The third-order valence-corrected chi connectivity index (χ3v) is 2.96. The molecule has 21 heavy (non-hydrogen) atoms. The second-order valence-electron chi connectivity index (χ2n) is 4.48. The van der Waals surface area contributed by atoms with Crippen LogP contribution in [0.5, 0.6) is 0 Å². The molecule has 0 saturated carbocycles. The lowest BCUT2D eigenvalue weighted by molar-refractivity contribution is 0.392. The van der Waals surface area contributed by atoms with Crippen molar-refractivity contribution in [1.82, 2.24) is 15.8 Å². The van der Waals surface area contributed by atoms with E-state index >= 15 is 0 Å². The number of furan rings is 1. The first kappa shape index (κ1) is 17.5. The van der Waals surface area contributed by atoms with Crippen molar-refractivity contribution in [3.8, 4) is 0 Å². The first-order valence-electron chi connectivity index (χ1n) is 6.65. The van der Waals surface area contributed by atoms with Gasteiger partial charge in [-0.05, 0) is 26.8 Å². The maximum absolute atomic E-state index is 5.14. The zero-order valence-electron chi connectivity index (χ0n) is 12.5. The summed E-state index contributed by atoms with van der Waals surface area (Å²) < 4.78 is 10.2. The minimum Gasteiger partial charge on any atom is -0.472 e. The third-order valence-electron chi connectivity index (χ3n) is 2.96. The van der Waals surface area contributed by atoms with Gasteiger partial charge in [0, 0.05) is 24.2 Å². The number of nitrogens with one attached hydrogen (secondary N) is 2. The summed E-state index contributed by atoms with van der Waals surface area (Å²) in [6.07, 6.45) is 3.34.